The fourth-order valence-corrected chi connectivity index (χ4v) is 9.32. The third kappa shape index (κ3) is 3.32. The Morgan fingerprint density at radius 3 is 2.61 bits per heavy atom. The molecule has 4 fully saturated rings. The Bertz CT molecular complexity index is 581. The molecule has 0 aromatic carbocycles. The Morgan fingerprint density at radius 2 is 1.86 bits per heavy atom. The van der Waals surface area contributed by atoms with Crippen molar-refractivity contribution in [1.29, 1.82) is 0 Å². The van der Waals surface area contributed by atoms with Gasteiger partial charge >= 0.3 is 0 Å². The molecule has 4 aliphatic rings. The lowest BCUT2D eigenvalue weighted by Gasteiger charge is -2.62. The summed E-state index contributed by atoms with van der Waals surface area (Å²) in [7, 11) is 0. The maximum atomic E-state index is 11.6. The lowest BCUT2D eigenvalue weighted by atomic mass is 9.43. The number of fused-ring (bicyclic) bond motifs is 5. The van der Waals surface area contributed by atoms with Gasteiger partial charge < -0.3 is 5.11 Å². The van der Waals surface area contributed by atoms with E-state index in [1.807, 2.05) is 0 Å². The van der Waals surface area contributed by atoms with Gasteiger partial charge in [0.15, 0.2) is 0 Å². The summed E-state index contributed by atoms with van der Waals surface area (Å²) in [5.41, 5.74) is 2.13. The van der Waals surface area contributed by atoms with E-state index in [1.54, 1.807) is 0 Å². The van der Waals surface area contributed by atoms with E-state index in [4.69, 9.17) is 0 Å². The molecule has 0 heterocycles. The second kappa shape index (κ2) is 7.75. The van der Waals surface area contributed by atoms with E-state index in [2.05, 4.69) is 34.3 Å². The fraction of sp³-hybridized carbons (Fsp3) is 0.926. The summed E-state index contributed by atoms with van der Waals surface area (Å²) in [6.07, 6.45) is 16.1. The van der Waals surface area contributed by atoms with E-state index in [-0.39, 0.29) is 6.10 Å². The highest BCUT2D eigenvalue weighted by atomic mass is 16.3. The third-order valence-corrected chi connectivity index (χ3v) is 10.5. The molecule has 1 nitrogen and oxygen atoms in total. The van der Waals surface area contributed by atoms with Gasteiger partial charge in [0.1, 0.15) is 0 Å². The molecule has 9 atom stereocenters. The molecule has 0 saturated heterocycles. The topological polar surface area (TPSA) is 20.2 Å². The smallest absolute Gasteiger partial charge is 0.0581 e. The van der Waals surface area contributed by atoms with Gasteiger partial charge in [0.2, 0.25) is 0 Å². The molecule has 0 amide bonds. The van der Waals surface area contributed by atoms with Crippen LogP contribution in [0.15, 0.2) is 12.2 Å². The quantitative estimate of drug-likeness (QED) is 0.488. The van der Waals surface area contributed by atoms with Crippen LogP contribution < -0.4 is 0 Å². The molecule has 0 aliphatic heterocycles. The fourth-order valence-electron chi connectivity index (χ4n) is 9.32. The standard InChI is InChI=1S/C27H46O/c1-18(2)9-8-10-19(3)22-14-15-23-21-13-12-20-11-6-7-16-26(20,4)25(21)24(28)17-27(22,23)5/h19-25,28H,1,6-17H2,2-5H3/t19-,20?,21+,22-,23+,24?,25-,26+,27-/m1/s1. The zero-order valence-corrected chi connectivity index (χ0v) is 19.2. The number of rotatable bonds is 5. The minimum Gasteiger partial charge on any atom is -0.393 e. The van der Waals surface area contributed by atoms with Crippen LogP contribution in [0.3, 0.4) is 0 Å². The Hall–Kier alpha value is -0.300. The highest BCUT2D eigenvalue weighted by molar-refractivity contribution is 5.11. The maximum absolute atomic E-state index is 11.6. The normalized spacial score (nSPS) is 49.0. The lowest BCUT2D eigenvalue weighted by molar-refractivity contribution is -0.171. The van der Waals surface area contributed by atoms with E-state index in [1.165, 1.54) is 76.2 Å². The highest BCUT2D eigenvalue weighted by Crippen LogP contribution is 2.68. The predicted octanol–water partition coefficient (Wildman–Crippen LogP) is 7.39. The van der Waals surface area contributed by atoms with Crippen molar-refractivity contribution in [2.24, 2.45) is 46.3 Å². The Labute approximate surface area is 174 Å². The second-order valence-corrected chi connectivity index (χ2v) is 12.1. The summed E-state index contributed by atoms with van der Waals surface area (Å²) in [6, 6.07) is 0. The van der Waals surface area contributed by atoms with Crippen molar-refractivity contribution in [2.45, 2.75) is 111 Å². The van der Waals surface area contributed by atoms with Crippen LogP contribution in [0.25, 0.3) is 0 Å². The first-order valence-corrected chi connectivity index (χ1v) is 12.6. The van der Waals surface area contributed by atoms with Gasteiger partial charge in [-0.2, -0.15) is 0 Å². The van der Waals surface area contributed by atoms with Gasteiger partial charge in [-0.25, -0.2) is 0 Å². The summed E-state index contributed by atoms with van der Waals surface area (Å²) in [5, 5.41) is 11.6. The molecule has 4 saturated carbocycles. The summed E-state index contributed by atoms with van der Waals surface area (Å²) < 4.78 is 0. The van der Waals surface area contributed by atoms with Crippen LogP contribution in [-0.4, -0.2) is 11.2 Å². The van der Waals surface area contributed by atoms with Crippen LogP contribution in [0.4, 0.5) is 0 Å². The third-order valence-electron chi connectivity index (χ3n) is 10.5. The molecule has 28 heavy (non-hydrogen) atoms. The van der Waals surface area contributed by atoms with E-state index < -0.39 is 0 Å². The predicted molar refractivity (Wildman–Crippen MR) is 119 cm³/mol. The number of hydrogen-bond donors (Lipinski definition) is 1. The van der Waals surface area contributed by atoms with Crippen LogP contribution in [-0.2, 0) is 0 Å². The molecule has 1 N–H and O–H groups in total. The number of hydrogen-bond acceptors (Lipinski definition) is 1. The van der Waals surface area contributed by atoms with Crippen LogP contribution in [0, 0.1) is 46.3 Å². The van der Waals surface area contributed by atoms with Gasteiger partial charge in [-0.15, -0.1) is 6.58 Å². The summed E-state index contributed by atoms with van der Waals surface area (Å²) in [5.74, 6) is 4.74. The van der Waals surface area contributed by atoms with E-state index in [9.17, 15) is 5.11 Å². The molecule has 2 unspecified atom stereocenters. The largest absolute Gasteiger partial charge is 0.393 e. The first-order chi connectivity index (χ1) is 13.3. The van der Waals surface area contributed by atoms with Crippen LogP contribution >= 0.6 is 0 Å². The maximum Gasteiger partial charge on any atom is 0.0581 e. The molecule has 1 heteroatoms. The molecule has 0 spiro atoms. The minimum absolute atomic E-state index is 0.0552. The molecule has 4 rings (SSSR count). The van der Waals surface area contributed by atoms with Crippen molar-refractivity contribution in [2.75, 3.05) is 0 Å². The van der Waals surface area contributed by atoms with Gasteiger partial charge in [0, 0.05) is 0 Å². The Morgan fingerprint density at radius 1 is 1.07 bits per heavy atom. The molecule has 160 valence electrons. The van der Waals surface area contributed by atoms with Gasteiger partial charge in [0.25, 0.3) is 0 Å². The van der Waals surface area contributed by atoms with Crippen molar-refractivity contribution < 1.29 is 5.11 Å². The number of aliphatic hydroxyl groups excluding tert-OH is 1. The van der Waals surface area contributed by atoms with Crippen molar-refractivity contribution in [1.82, 2.24) is 0 Å². The van der Waals surface area contributed by atoms with Crippen LogP contribution in [0.1, 0.15) is 105 Å². The highest BCUT2D eigenvalue weighted by Gasteiger charge is 2.62. The monoisotopic (exact) mass is 386 g/mol. The van der Waals surface area contributed by atoms with Gasteiger partial charge in [-0.3, -0.25) is 0 Å². The van der Waals surface area contributed by atoms with Crippen molar-refractivity contribution in [3.8, 4) is 0 Å². The van der Waals surface area contributed by atoms with Gasteiger partial charge in [-0.1, -0.05) is 45.6 Å². The van der Waals surface area contributed by atoms with Crippen molar-refractivity contribution >= 4 is 0 Å². The Kier molecular flexibility index (Phi) is 5.80. The molecular formula is C27H46O. The van der Waals surface area contributed by atoms with Gasteiger partial charge in [0.05, 0.1) is 6.10 Å². The summed E-state index contributed by atoms with van der Waals surface area (Å²) in [6.45, 7) is 13.9. The van der Waals surface area contributed by atoms with Gasteiger partial charge in [-0.05, 0) is 111 Å². The minimum atomic E-state index is -0.0552. The van der Waals surface area contributed by atoms with Crippen molar-refractivity contribution in [3.05, 3.63) is 12.2 Å². The zero-order chi connectivity index (χ0) is 20.1. The summed E-state index contributed by atoms with van der Waals surface area (Å²) >= 11 is 0. The van der Waals surface area contributed by atoms with E-state index in [0.717, 1.165) is 36.0 Å². The SMILES string of the molecule is C=C(C)CCC[C@@H](C)[C@H]1CC[C@H]2[C@@H]3CCC4CCCC[C@]4(C)[C@H]3C(O)C[C@]12C. The molecule has 0 radical (unpaired) electrons. The molecule has 0 aromatic heterocycles. The first kappa shape index (κ1) is 21.0. The van der Waals surface area contributed by atoms with E-state index in [0.29, 0.717) is 16.7 Å². The second-order valence-electron chi connectivity index (χ2n) is 12.1. The molecule has 0 aromatic rings. The molecule has 4 aliphatic carbocycles. The number of aliphatic hydroxyl groups is 1. The Balaban J connectivity index is 1.52. The first-order valence-electron chi connectivity index (χ1n) is 12.6. The van der Waals surface area contributed by atoms with Crippen LogP contribution in [0.5, 0.6) is 0 Å². The average molecular weight is 387 g/mol. The zero-order valence-electron chi connectivity index (χ0n) is 19.2. The molecular weight excluding hydrogens is 340 g/mol. The van der Waals surface area contributed by atoms with E-state index >= 15 is 0 Å². The average Bonchev–Trinajstić information content (AvgIpc) is 2.97. The number of allylic oxidation sites excluding steroid dienone is 1. The van der Waals surface area contributed by atoms with Crippen LogP contribution in [0.2, 0.25) is 0 Å². The van der Waals surface area contributed by atoms with Crippen molar-refractivity contribution in [3.63, 3.8) is 0 Å². The lowest BCUT2D eigenvalue weighted by Crippen LogP contribution is -2.58. The molecule has 0 bridgehead atoms. The summed E-state index contributed by atoms with van der Waals surface area (Å²) in [4.78, 5) is 0.